The molecule has 0 saturated heterocycles. The Morgan fingerprint density at radius 3 is 2.41 bits per heavy atom. The Balaban J connectivity index is 1.52. The largest absolute Gasteiger partial charge is 0.294 e. The molecular formula is C25H29NO. The summed E-state index contributed by atoms with van der Waals surface area (Å²) in [6, 6.07) is 21.1. The molecule has 27 heavy (non-hydrogen) atoms. The van der Waals surface area contributed by atoms with E-state index in [1.165, 1.54) is 49.8 Å². The van der Waals surface area contributed by atoms with Crippen LogP contribution in [0.15, 0.2) is 65.7 Å². The molecule has 2 aromatic rings. The molecular weight excluding hydrogens is 330 g/mol. The van der Waals surface area contributed by atoms with Crippen molar-refractivity contribution < 1.29 is 4.79 Å². The first-order valence-electron chi connectivity index (χ1n) is 10.5. The molecule has 2 aromatic carbocycles. The first kappa shape index (κ1) is 18.2. The van der Waals surface area contributed by atoms with Crippen LogP contribution in [0.4, 0.5) is 0 Å². The number of nitrogens with zero attached hydrogens (tertiary/aromatic N) is 1. The minimum absolute atomic E-state index is 0.213. The van der Waals surface area contributed by atoms with Gasteiger partial charge in [-0.25, -0.2) is 0 Å². The summed E-state index contributed by atoms with van der Waals surface area (Å²) in [7, 11) is 0. The van der Waals surface area contributed by atoms with Gasteiger partial charge in [0.1, 0.15) is 0 Å². The van der Waals surface area contributed by atoms with E-state index in [-0.39, 0.29) is 11.2 Å². The van der Waals surface area contributed by atoms with E-state index in [1.54, 1.807) is 0 Å². The summed E-state index contributed by atoms with van der Waals surface area (Å²) in [6.07, 6.45) is 9.87. The molecule has 2 heteroatoms. The van der Waals surface area contributed by atoms with Crippen molar-refractivity contribution in [2.75, 3.05) is 0 Å². The minimum Gasteiger partial charge on any atom is -0.294 e. The molecule has 0 radical (unpaired) electrons. The van der Waals surface area contributed by atoms with Gasteiger partial charge in [0.05, 0.1) is 6.04 Å². The zero-order valence-electron chi connectivity index (χ0n) is 16.1. The van der Waals surface area contributed by atoms with Crippen molar-refractivity contribution in [1.82, 2.24) is 0 Å². The molecule has 2 atom stereocenters. The van der Waals surface area contributed by atoms with Gasteiger partial charge in [-0.05, 0) is 44.1 Å². The molecule has 140 valence electrons. The number of aliphatic imine (C=N–C) groups is 1. The van der Waals surface area contributed by atoms with Gasteiger partial charge in [0.25, 0.3) is 0 Å². The summed E-state index contributed by atoms with van der Waals surface area (Å²) < 4.78 is 0. The number of benzene rings is 2. The number of rotatable bonds is 5. The Labute approximate surface area is 162 Å². The lowest BCUT2D eigenvalue weighted by molar-refractivity contribution is 0.0984. The van der Waals surface area contributed by atoms with Crippen LogP contribution in [0.1, 0.15) is 73.7 Å². The van der Waals surface area contributed by atoms with Gasteiger partial charge in [0.15, 0.2) is 5.78 Å². The van der Waals surface area contributed by atoms with E-state index in [0.29, 0.717) is 12.5 Å². The van der Waals surface area contributed by atoms with Gasteiger partial charge in [-0.2, -0.15) is 0 Å². The highest BCUT2D eigenvalue weighted by atomic mass is 16.1. The molecule has 1 saturated carbocycles. The van der Waals surface area contributed by atoms with E-state index in [1.807, 2.05) is 30.3 Å². The van der Waals surface area contributed by atoms with Gasteiger partial charge in [0, 0.05) is 23.1 Å². The van der Waals surface area contributed by atoms with Crippen molar-refractivity contribution in [2.24, 2.45) is 4.99 Å². The Morgan fingerprint density at radius 1 is 0.926 bits per heavy atom. The van der Waals surface area contributed by atoms with Crippen LogP contribution < -0.4 is 0 Å². The predicted octanol–water partition coefficient (Wildman–Crippen LogP) is 6.16. The van der Waals surface area contributed by atoms with E-state index in [2.05, 4.69) is 30.3 Å². The molecule has 0 bridgehead atoms. The SMILES string of the molecule is O=C(CCC1=N[C@@H]2CCCC[C@@]2(c2ccccc2)CCC1)c1ccccc1. The molecule has 1 heterocycles. The van der Waals surface area contributed by atoms with Crippen LogP contribution in [0.2, 0.25) is 0 Å². The highest BCUT2D eigenvalue weighted by Crippen LogP contribution is 2.46. The van der Waals surface area contributed by atoms with Crippen molar-refractivity contribution in [3.8, 4) is 0 Å². The Morgan fingerprint density at radius 2 is 1.63 bits per heavy atom. The average Bonchev–Trinajstić information content (AvgIpc) is 2.93. The Bertz CT molecular complexity index is 796. The van der Waals surface area contributed by atoms with Crippen LogP contribution in [-0.4, -0.2) is 17.5 Å². The third-order valence-electron chi connectivity index (χ3n) is 6.50. The summed E-state index contributed by atoms with van der Waals surface area (Å²) in [5.41, 5.74) is 3.78. The highest BCUT2D eigenvalue weighted by Gasteiger charge is 2.42. The van der Waals surface area contributed by atoms with Crippen molar-refractivity contribution in [3.63, 3.8) is 0 Å². The molecule has 0 amide bonds. The van der Waals surface area contributed by atoms with Gasteiger partial charge in [0.2, 0.25) is 0 Å². The number of Topliss-reactive ketones (excluding diaryl/α,β-unsaturated/α-hetero) is 1. The van der Waals surface area contributed by atoms with Gasteiger partial charge < -0.3 is 0 Å². The smallest absolute Gasteiger partial charge is 0.163 e. The van der Waals surface area contributed by atoms with Gasteiger partial charge in [-0.3, -0.25) is 9.79 Å². The number of hydrogen-bond donors (Lipinski definition) is 0. The van der Waals surface area contributed by atoms with Crippen LogP contribution in [0.5, 0.6) is 0 Å². The lowest BCUT2D eigenvalue weighted by Gasteiger charge is -2.42. The van der Waals surface area contributed by atoms with Gasteiger partial charge >= 0.3 is 0 Å². The molecule has 1 aliphatic heterocycles. The molecule has 0 spiro atoms. The third kappa shape index (κ3) is 3.90. The number of carbonyl (C=O) groups excluding carboxylic acids is 1. The first-order valence-corrected chi connectivity index (χ1v) is 10.5. The molecule has 0 unspecified atom stereocenters. The number of fused-ring (bicyclic) bond motifs is 1. The summed E-state index contributed by atoms with van der Waals surface area (Å²) in [5.74, 6) is 0.237. The van der Waals surface area contributed by atoms with Crippen LogP contribution in [-0.2, 0) is 5.41 Å². The second-order valence-electron chi connectivity index (χ2n) is 8.12. The minimum atomic E-state index is 0.213. The Kier molecular flexibility index (Phi) is 5.52. The van der Waals surface area contributed by atoms with E-state index in [4.69, 9.17) is 4.99 Å². The molecule has 1 fully saturated rings. The maximum absolute atomic E-state index is 12.5. The van der Waals surface area contributed by atoms with E-state index in [9.17, 15) is 4.79 Å². The van der Waals surface area contributed by atoms with Crippen LogP contribution in [0.3, 0.4) is 0 Å². The van der Waals surface area contributed by atoms with Crippen molar-refractivity contribution >= 4 is 11.5 Å². The molecule has 0 N–H and O–H groups in total. The van der Waals surface area contributed by atoms with Crippen LogP contribution in [0, 0.1) is 0 Å². The van der Waals surface area contributed by atoms with Crippen molar-refractivity contribution in [1.29, 1.82) is 0 Å². The number of carbonyl (C=O) groups is 1. The highest BCUT2D eigenvalue weighted by molar-refractivity contribution is 5.99. The van der Waals surface area contributed by atoms with Gasteiger partial charge in [-0.15, -0.1) is 0 Å². The Hall–Kier alpha value is -2.22. The lowest BCUT2D eigenvalue weighted by atomic mass is 9.64. The second-order valence-corrected chi connectivity index (χ2v) is 8.12. The number of hydrogen-bond acceptors (Lipinski definition) is 2. The molecule has 4 rings (SSSR count). The summed E-state index contributed by atoms with van der Waals surface area (Å²) in [4.78, 5) is 17.8. The average molecular weight is 360 g/mol. The standard InChI is InChI=1S/C25H29NO/c27-23(20-10-3-1-4-11-20)17-16-22-14-9-19-25(21-12-5-2-6-13-21)18-8-7-15-24(25)26-22/h1-6,10-13,24H,7-9,14-19H2/t24-,25+/m1/s1. The molecule has 0 aromatic heterocycles. The number of ketones is 1. The van der Waals surface area contributed by atoms with Crippen LogP contribution in [0.25, 0.3) is 0 Å². The second kappa shape index (κ2) is 8.21. The van der Waals surface area contributed by atoms with E-state index >= 15 is 0 Å². The summed E-state index contributed by atoms with van der Waals surface area (Å²) in [5, 5.41) is 0. The maximum Gasteiger partial charge on any atom is 0.163 e. The van der Waals surface area contributed by atoms with Crippen LogP contribution >= 0.6 is 0 Å². The lowest BCUT2D eigenvalue weighted by Crippen LogP contribution is -2.40. The van der Waals surface area contributed by atoms with Gasteiger partial charge in [-0.1, -0.05) is 73.5 Å². The summed E-state index contributed by atoms with van der Waals surface area (Å²) in [6.45, 7) is 0. The zero-order chi connectivity index (χ0) is 18.5. The van der Waals surface area contributed by atoms with E-state index in [0.717, 1.165) is 18.4 Å². The van der Waals surface area contributed by atoms with Crippen molar-refractivity contribution in [2.45, 2.75) is 69.2 Å². The third-order valence-corrected chi connectivity index (χ3v) is 6.50. The maximum atomic E-state index is 12.5. The molecule has 1 aliphatic carbocycles. The molecule has 2 nitrogen and oxygen atoms in total. The van der Waals surface area contributed by atoms with Crippen molar-refractivity contribution in [3.05, 3.63) is 71.8 Å². The fourth-order valence-corrected chi connectivity index (χ4v) is 5.06. The van der Waals surface area contributed by atoms with E-state index < -0.39 is 0 Å². The normalized spacial score (nSPS) is 25.2. The summed E-state index contributed by atoms with van der Waals surface area (Å²) >= 11 is 0. The predicted molar refractivity (Wildman–Crippen MR) is 112 cm³/mol. The molecule has 2 aliphatic rings. The zero-order valence-corrected chi connectivity index (χ0v) is 16.1. The topological polar surface area (TPSA) is 29.4 Å². The monoisotopic (exact) mass is 359 g/mol. The fourth-order valence-electron chi connectivity index (χ4n) is 5.06. The quantitative estimate of drug-likeness (QED) is 0.588. The first-order chi connectivity index (χ1) is 13.3. The fraction of sp³-hybridized carbons (Fsp3) is 0.440.